The number of carbonyl (C=O) groups is 2. The average molecular weight is 248 g/mol. The molecule has 0 atom stereocenters. The number of Topliss-reactive ketones (excluding diaryl/α,β-unsaturated/α-hetero) is 1. The van der Waals surface area contributed by atoms with Gasteiger partial charge in [0.15, 0.2) is 5.78 Å². The lowest BCUT2D eigenvalue weighted by atomic mass is 9.85. The van der Waals surface area contributed by atoms with Crippen LogP contribution in [0.2, 0.25) is 0 Å². The number of ether oxygens (including phenoxy) is 1. The van der Waals surface area contributed by atoms with Gasteiger partial charge in [-0.15, -0.1) is 0 Å². The molecule has 3 nitrogen and oxygen atoms in total. The summed E-state index contributed by atoms with van der Waals surface area (Å²) in [6, 6.07) is 7.42. The molecule has 0 amide bonds. The van der Waals surface area contributed by atoms with Crippen molar-refractivity contribution in [3.05, 3.63) is 35.4 Å². The number of benzene rings is 1. The predicted octanol–water partition coefficient (Wildman–Crippen LogP) is 3.12. The lowest BCUT2D eigenvalue weighted by molar-refractivity contribution is -0.141. The van der Waals surface area contributed by atoms with Gasteiger partial charge < -0.3 is 4.74 Å². The zero-order valence-corrected chi connectivity index (χ0v) is 11.4. The standard InChI is InChI=1S/C15H20O3/c1-5-18-14(17)10-13(16)11-7-6-8-12(9-11)15(2,3)4/h6-9H,5,10H2,1-4H3. The van der Waals surface area contributed by atoms with Gasteiger partial charge in [0.1, 0.15) is 6.42 Å². The van der Waals surface area contributed by atoms with Crippen LogP contribution in [0.5, 0.6) is 0 Å². The fourth-order valence-corrected chi connectivity index (χ4v) is 1.60. The predicted molar refractivity (Wildman–Crippen MR) is 70.7 cm³/mol. The molecule has 1 aromatic carbocycles. The second-order valence-corrected chi connectivity index (χ2v) is 5.24. The minimum absolute atomic E-state index is 0.0137. The fraction of sp³-hybridized carbons (Fsp3) is 0.467. The Morgan fingerprint density at radius 3 is 2.44 bits per heavy atom. The number of ketones is 1. The van der Waals surface area contributed by atoms with Crippen molar-refractivity contribution in [1.29, 1.82) is 0 Å². The van der Waals surface area contributed by atoms with E-state index < -0.39 is 5.97 Å². The van der Waals surface area contributed by atoms with Crippen molar-refractivity contribution in [2.75, 3.05) is 6.61 Å². The smallest absolute Gasteiger partial charge is 0.313 e. The summed E-state index contributed by atoms with van der Waals surface area (Å²) in [5.41, 5.74) is 1.63. The van der Waals surface area contributed by atoms with E-state index in [0.717, 1.165) is 5.56 Å². The Kier molecular flexibility index (Phi) is 4.65. The molecule has 0 saturated carbocycles. The molecule has 1 aromatic rings. The number of esters is 1. The van der Waals surface area contributed by atoms with Crippen molar-refractivity contribution in [1.82, 2.24) is 0 Å². The van der Waals surface area contributed by atoms with Gasteiger partial charge in [0, 0.05) is 5.56 Å². The molecule has 3 heteroatoms. The third-order valence-corrected chi connectivity index (χ3v) is 2.66. The maximum Gasteiger partial charge on any atom is 0.313 e. The normalized spacial score (nSPS) is 11.1. The third kappa shape index (κ3) is 3.99. The molecule has 98 valence electrons. The van der Waals surface area contributed by atoms with E-state index in [-0.39, 0.29) is 17.6 Å². The van der Waals surface area contributed by atoms with Crippen LogP contribution in [0.4, 0.5) is 0 Å². The SMILES string of the molecule is CCOC(=O)CC(=O)c1cccc(C(C)(C)C)c1. The van der Waals surface area contributed by atoms with Gasteiger partial charge in [-0.05, 0) is 24.0 Å². The van der Waals surface area contributed by atoms with Crippen molar-refractivity contribution < 1.29 is 14.3 Å². The van der Waals surface area contributed by atoms with Crippen LogP contribution in [-0.2, 0) is 14.9 Å². The largest absolute Gasteiger partial charge is 0.466 e. The Hall–Kier alpha value is -1.64. The molecule has 0 aliphatic heterocycles. The topological polar surface area (TPSA) is 43.4 Å². The second kappa shape index (κ2) is 5.80. The van der Waals surface area contributed by atoms with Crippen LogP contribution in [-0.4, -0.2) is 18.4 Å². The maximum atomic E-state index is 11.9. The molecule has 0 aliphatic rings. The Morgan fingerprint density at radius 2 is 1.89 bits per heavy atom. The van der Waals surface area contributed by atoms with Gasteiger partial charge in [-0.1, -0.05) is 39.0 Å². The highest BCUT2D eigenvalue weighted by molar-refractivity contribution is 6.06. The number of hydrogen-bond donors (Lipinski definition) is 0. The van der Waals surface area contributed by atoms with Gasteiger partial charge in [0.25, 0.3) is 0 Å². The summed E-state index contributed by atoms with van der Waals surface area (Å²) in [6.45, 7) is 8.28. The van der Waals surface area contributed by atoms with Crippen LogP contribution < -0.4 is 0 Å². The summed E-state index contributed by atoms with van der Waals surface area (Å²) in [5.74, 6) is -0.664. The van der Waals surface area contributed by atoms with E-state index in [2.05, 4.69) is 20.8 Å². The first-order chi connectivity index (χ1) is 8.34. The summed E-state index contributed by atoms with van der Waals surface area (Å²) in [4.78, 5) is 23.2. The Morgan fingerprint density at radius 1 is 1.22 bits per heavy atom. The lowest BCUT2D eigenvalue weighted by Gasteiger charge is -2.19. The molecule has 0 bridgehead atoms. The molecular formula is C15H20O3. The van der Waals surface area contributed by atoms with Crippen LogP contribution in [0.3, 0.4) is 0 Å². The van der Waals surface area contributed by atoms with E-state index in [0.29, 0.717) is 12.2 Å². The van der Waals surface area contributed by atoms with E-state index in [4.69, 9.17) is 4.74 Å². The van der Waals surface area contributed by atoms with E-state index in [9.17, 15) is 9.59 Å². The molecule has 0 N–H and O–H groups in total. The molecule has 0 heterocycles. The highest BCUT2D eigenvalue weighted by atomic mass is 16.5. The van der Waals surface area contributed by atoms with Gasteiger partial charge in [0.2, 0.25) is 0 Å². The lowest BCUT2D eigenvalue weighted by Crippen LogP contribution is -2.14. The van der Waals surface area contributed by atoms with Crippen molar-refractivity contribution in [3.63, 3.8) is 0 Å². The summed E-state index contributed by atoms with van der Waals surface area (Å²) >= 11 is 0. The number of carbonyl (C=O) groups excluding carboxylic acids is 2. The van der Waals surface area contributed by atoms with Crippen LogP contribution in [0.1, 0.15) is 50.0 Å². The Balaban J connectivity index is 2.84. The minimum Gasteiger partial charge on any atom is -0.466 e. The molecule has 0 aromatic heterocycles. The van der Waals surface area contributed by atoms with E-state index >= 15 is 0 Å². The average Bonchev–Trinajstić information content (AvgIpc) is 2.28. The van der Waals surface area contributed by atoms with Crippen molar-refractivity contribution in [2.45, 2.75) is 39.5 Å². The fourth-order valence-electron chi connectivity index (χ4n) is 1.60. The summed E-state index contributed by atoms with van der Waals surface area (Å²) in [6.07, 6.45) is -0.193. The van der Waals surface area contributed by atoms with E-state index in [1.807, 2.05) is 18.2 Å². The zero-order chi connectivity index (χ0) is 13.8. The molecule has 1 rings (SSSR count). The maximum absolute atomic E-state index is 11.9. The van der Waals surface area contributed by atoms with Gasteiger partial charge in [-0.25, -0.2) is 0 Å². The van der Waals surface area contributed by atoms with E-state index in [1.54, 1.807) is 13.0 Å². The zero-order valence-electron chi connectivity index (χ0n) is 11.4. The van der Waals surface area contributed by atoms with Crippen LogP contribution >= 0.6 is 0 Å². The number of rotatable bonds is 4. The van der Waals surface area contributed by atoms with Gasteiger partial charge in [0.05, 0.1) is 6.61 Å². The quantitative estimate of drug-likeness (QED) is 0.467. The van der Waals surface area contributed by atoms with Crippen LogP contribution in [0.15, 0.2) is 24.3 Å². The van der Waals surface area contributed by atoms with Gasteiger partial charge in [-0.3, -0.25) is 9.59 Å². The second-order valence-electron chi connectivity index (χ2n) is 5.24. The third-order valence-electron chi connectivity index (χ3n) is 2.66. The minimum atomic E-state index is -0.469. The number of hydrogen-bond acceptors (Lipinski definition) is 3. The summed E-state index contributed by atoms with van der Waals surface area (Å²) in [5, 5.41) is 0. The molecule has 0 spiro atoms. The van der Waals surface area contributed by atoms with Gasteiger partial charge >= 0.3 is 5.97 Å². The highest BCUT2D eigenvalue weighted by Gasteiger charge is 2.17. The molecular weight excluding hydrogens is 228 g/mol. The first kappa shape index (κ1) is 14.4. The summed E-state index contributed by atoms with van der Waals surface area (Å²) < 4.78 is 4.77. The Bertz CT molecular complexity index is 441. The van der Waals surface area contributed by atoms with Crippen molar-refractivity contribution in [2.24, 2.45) is 0 Å². The van der Waals surface area contributed by atoms with Crippen molar-refractivity contribution >= 4 is 11.8 Å². The molecule has 0 saturated heterocycles. The monoisotopic (exact) mass is 248 g/mol. The van der Waals surface area contributed by atoms with Crippen LogP contribution in [0, 0.1) is 0 Å². The Labute approximate surface area is 108 Å². The van der Waals surface area contributed by atoms with E-state index in [1.165, 1.54) is 0 Å². The molecule has 0 radical (unpaired) electrons. The highest BCUT2D eigenvalue weighted by Crippen LogP contribution is 2.23. The molecule has 0 aliphatic carbocycles. The van der Waals surface area contributed by atoms with Crippen molar-refractivity contribution in [3.8, 4) is 0 Å². The first-order valence-corrected chi connectivity index (χ1v) is 6.14. The van der Waals surface area contributed by atoms with Crippen LogP contribution in [0.25, 0.3) is 0 Å². The molecule has 18 heavy (non-hydrogen) atoms. The molecule has 0 unspecified atom stereocenters. The van der Waals surface area contributed by atoms with Gasteiger partial charge in [-0.2, -0.15) is 0 Å². The first-order valence-electron chi connectivity index (χ1n) is 6.14. The molecule has 0 fully saturated rings. The summed E-state index contributed by atoms with van der Waals surface area (Å²) in [7, 11) is 0.